The maximum absolute atomic E-state index is 13.2. The summed E-state index contributed by atoms with van der Waals surface area (Å²) in [5.41, 5.74) is 1.91. The Morgan fingerprint density at radius 2 is 1.28 bits per heavy atom. The highest BCUT2D eigenvalue weighted by Crippen LogP contribution is 2.46. The van der Waals surface area contributed by atoms with E-state index in [4.69, 9.17) is 6.57 Å². The van der Waals surface area contributed by atoms with Crippen LogP contribution in [-0.2, 0) is 5.54 Å². The second kappa shape index (κ2) is 7.17. The normalized spacial score (nSPS) is 19.2. The van der Waals surface area contributed by atoms with Crippen LogP contribution in [-0.4, -0.2) is 36.2 Å². The molecule has 0 bridgehead atoms. The molecule has 0 fully saturated rings. The van der Waals surface area contributed by atoms with Gasteiger partial charge in [-0.2, -0.15) is 0 Å². The van der Waals surface area contributed by atoms with E-state index in [-0.39, 0.29) is 30.7 Å². The van der Waals surface area contributed by atoms with E-state index in [1.807, 2.05) is 30.3 Å². The zero-order chi connectivity index (χ0) is 22.5. The van der Waals surface area contributed by atoms with E-state index in [1.165, 1.54) is 4.90 Å². The Balaban J connectivity index is 1.63. The molecule has 3 amide bonds. The van der Waals surface area contributed by atoms with E-state index in [0.29, 0.717) is 33.5 Å². The van der Waals surface area contributed by atoms with Gasteiger partial charge in [-0.15, -0.1) is 0 Å². The van der Waals surface area contributed by atoms with Crippen LogP contribution in [0.5, 0.6) is 0 Å². The molecular weight excluding hydrogens is 402 g/mol. The third-order valence-electron chi connectivity index (χ3n) is 6.38. The summed E-state index contributed by atoms with van der Waals surface area (Å²) in [6, 6.07) is 21.2. The van der Waals surface area contributed by atoms with Crippen LogP contribution in [0.25, 0.3) is 4.85 Å². The summed E-state index contributed by atoms with van der Waals surface area (Å²) in [4.78, 5) is 45.9. The van der Waals surface area contributed by atoms with E-state index >= 15 is 0 Å². The molecule has 0 N–H and O–H groups in total. The largest absolute Gasteiger partial charge is 0.311 e. The van der Waals surface area contributed by atoms with Crippen molar-refractivity contribution < 1.29 is 14.4 Å². The van der Waals surface area contributed by atoms with Crippen LogP contribution >= 0.6 is 0 Å². The molecule has 5 rings (SSSR count). The van der Waals surface area contributed by atoms with Crippen LogP contribution in [0.4, 0.5) is 5.69 Å². The number of para-hydroxylation sites is 1. The van der Waals surface area contributed by atoms with E-state index in [0.717, 1.165) is 0 Å². The summed E-state index contributed by atoms with van der Waals surface area (Å²) in [6.45, 7) is 8.31. The highest BCUT2D eigenvalue weighted by Gasteiger charge is 2.49. The zero-order valence-corrected chi connectivity index (χ0v) is 17.4. The monoisotopic (exact) mass is 421 g/mol. The Hall–Kier alpha value is -4.24. The minimum absolute atomic E-state index is 0.0648. The molecule has 1 unspecified atom stereocenters. The minimum atomic E-state index is -1.22. The molecule has 32 heavy (non-hydrogen) atoms. The third kappa shape index (κ3) is 2.61. The molecule has 6 heteroatoms. The van der Waals surface area contributed by atoms with Crippen molar-refractivity contribution in [1.82, 2.24) is 4.90 Å². The van der Waals surface area contributed by atoms with Crippen LogP contribution in [0, 0.1) is 6.57 Å². The number of hydrogen-bond donors (Lipinski definition) is 0. The number of hydrogen-bond acceptors (Lipinski definition) is 3. The van der Waals surface area contributed by atoms with Gasteiger partial charge >= 0.3 is 0 Å². The lowest BCUT2D eigenvalue weighted by Gasteiger charge is -2.26. The summed E-state index contributed by atoms with van der Waals surface area (Å²) in [5, 5.41) is 0. The fraction of sp³-hybridized carbons (Fsp3) is 0.154. The number of carbonyl (C=O) groups excluding carboxylic acids is 3. The van der Waals surface area contributed by atoms with Crippen molar-refractivity contribution in [2.75, 3.05) is 18.5 Å². The van der Waals surface area contributed by atoms with Crippen molar-refractivity contribution in [3.8, 4) is 0 Å². The second-order valence-corrected chi connectivity index (χ2v) is 7.96. The topological polar surface area (TPSA) is 62.1 Å². The van der Waals surface area contributed by atoms with Gasteiger partial charge in [0.1, 0.15) is 0 Å². The third-order valence-corrected chi connectivity index (χ3v) is 6.38. The highest BCUT2D eigenvalue weighted by atomic mass is 16.2. The van der Waals surface area contributed by atoms with Gasteiger partial charge in [0.25, 0.3) is 23.3 Å². The fourth-order valence-corrected chi connectivity index (χ4v) is 4.74. The van der Waals surface area contributed by atoms with Gasteiger partial charge in [-0.05, 0) is 36.4 Å². The van der Waals surface area contributed by atoms with Gasteiger partial charge in [0.15, 0.2) is 0 Å². The molecule has 0 aliphatic carbocycles. The first-order valence-corrected chi connectivity index (χ1v) is 10.3. The molecule has 2 aliphatic rings. The SMILES string of the molecule is [C-]#[N+]C1(CCN2C(=O)c3ccccc3C2=O)c2ccccc2C(=O)N(C)c2ccccc21. The van der Waals surface area contributed by atoms with Gasteiger partial charge in [-0.1, -0.05) is 36.4 Å². The molecule has 2 aliphatic heterocycles. The molecule has 0 saturated heterocycles. The lowest BCUT2D eigenvalue weighted by molar-refractivity contribution is 0.0647. The lowest BCUT2D eigenvalue weighted by Crippen LogP contribution is -2.36. The number of rotatable bonds is 3. The van der Waals surface area contributed by atoms with Gasteiger partial charge in [-0.3, -0.25) is 24.1 Å². The molecule has 3 aromatic carbocycles. The van der Waals surface area contributed by atoms with Crippen LogP contribution in [0.3, 0.4) is 0 Å². The second-order valence-electron chi connectivity index (χ2n) is 7.96. The zero-order valence-electron chi connectivity index (χ0n) is 17.4. The number of imide groups is 1. The first kappa shape index (κ1) is 19.7. The van der Waals surface area contributed by atoms with E-state index < -0.39 is 5.54 Å². The number of benzene rings is 3. The van der Waals surface area contributed by atoms with Crippen LogP contribution in [0.15, 0.2) is 72.8 Å². The number of nitrogens with zero attached hydrogens (tertiary/aromatic N) is 3. The highest BCUT2D eigenvalue weighted by molar-refractivity contribution is 6.21. The molecule has 0 spiro atoms. The molecule has 6 nitrogen and oxygen atoms in total. The molecule has 2 heterocycles. The molecule has 0 saturated carbocycles. The number of amides is 3. The summed E-state index contributed by atoms with van der Waals surface area (Å²) in [5.74, 6) is -0.900. The number of carbonyl (C=O) groups is 3. The van der Waals surface area contributed by atoms with Gasteiger partial charge in [0.2, 0.25) is 0 Å². The quantitative estimate of drug-likeness (QED) is 0.472. The smallest absolute Gasteiger partial charge is 0.287 e. The molecule has 1 atom stereocenters. The molecule has 156 valence electrons. The maximum Gasteiger partial charge on any atom is 0.287 e. The van der Waals surface area contributed by atoms with Gasteiger partial charge in [0.05, 0.1) is 39.9 Å². The van der Waals surface area contributed by atoms with E-state index in [2.05, 4.69) is 4.85 Å². The van der Waals surface area contributed by atoms with Crippen LogP contribution < -0.4 is 4.90 Å². The average Bonchev–Trinajstić information content (AvgIpc) is 3.05. The predicted octanol–water partition coefficient (Wildman–Crippen LogP) is 4.13. The maximum atomic E-state index is 13.2. The lowest BCUT2D eigenvalue weighted by atomic mass is 9.78. The average molecular weight is 421 g/mol. The summed E-state index contributed by atoms with van der Waals surface area (Å²) in [7, 11) is 1.70. The number of anilines is 1. The predicted molar refractivity (Wildman–Crippen MR) is 119 cm³/mol. The van der Waals surface area contributed by atoms with E-state index in [1.54, 1.807) is 54.4 Å². The van der Waals surface area contributed by atoms with E-state index in [9.17, 15) is 14.4 Å². The minimum Gasteiger partial charge on any atom is -0.311 e. The molecule has 3 aromatic rings. The molecule has 0 radical (unpaired) electrons. The van der Waals surface area contributed by atoms with Crippen molar-refractivity contribution in [1.29, 1.82) is 0 Å². The summed E-state index contributed by atoms with van der Waals surface area (Å²) >= 11 is 0. The first-order chi connectivity index (χ1) is 15.5. The van der Waals surface area contributed by atoms with Gasteiger partial charge < -0.3 is 4.90 Å². The number of fused-ring (bicyclic) bond motifs is 3. The first-order valence-electron chi connectivity index (χ1n) is 10.3. The Bertz CT molecular complexity index is 1300. The van der Waals surface area contributed by atoms with Gasteiger partial charge in [-0.25, -0.2) is 6.57 Å². The van der Waals surface area contributed by atoms with Gasteiger partial charge in [0, 0.05) is 13.6 Å². The molecular formula is C26H19N3O3. The van der Waals surface area contributed by atoms with Crippen molar-refractivity contribution >= 4 is 23.4 Å². The van der Waals surface area contributed by atoms with Crippen molar-refractivity contribution in [3.63, 3.8) is 0 Å². The standard InChI is InChI=1S/C26H19N3O3/c1-27-26(15-16-29-24(31)17-9-3-4-10-18(17)25(29)32)20-12-6-5-11-19(20)23(30)28(2)22-14-8-7-13-21(22)26/h3-14H,15-16H2,2H3. The molecule has 0 aromatic heterocycles. The Morgan fingerprint density at radius 3 is 1.91 bits per heavy atom. The Labute approximate surface area is 185 Å². The van der Waals surface area contributed by atoms with Crippen LogP contribution in [0.1, 0.15) is 48.6 Å². The van der Waals surface area contributed by atoms with Crippen molar-refractivity contribution in [3.05, 3.63) is 112 Å². The summed E-state index contributed by atoms with van der Waals surface area (Å²) < 4.78 is 0. The summed E-state index contributed by atoms with van der Waals surface area (Å²) in [6.07, 6.45) is 0.178. The van der Waals surface area contributed by atoms with Crippen molar-refractivity contribution in [2.24, 2.45) is 0 Å². The Morgan fingerprint density at radius 1 is 0.750 bits per heavy atom. The van der Waals surface area contributed by atoms with Crippen LogP contribution in [0.2, 0.25) is 0 Å². The van der Waals surface area contributed by atoms with Crippen molar-refractivity contribution in [2.45, 2.75) is 12.0 Å². The fourth-order valence-electron chi connectivity index (χ4n) is 4.74. The Kier molecular flexibility index (Phi) is 4.42.